The molecule has 0 aliphatic heterocycles. The summed E-state index contributed by atoms with van der Waals surface area (Å²) in [6.45, 7) is 9.97. The first kappa shape index (κ1) is 18.4. The van der Waals surface area contributed by atoms with Gasteiger partial charge in [-0.15, -0.1) is 0 Å². The van der Waals surface area contributed by atoms with E-state index in [0.717, 1.165) is 10.9 Å². The van der Waals surface area contributed by atoms with Crippen LogP contribution in [0.15, 0.2) is 11.1 Å². The third-order valence-electron chi connectivity index (χ3n) is 2.77. The van der Waals surface area contributed by atoms with Crippen molar-refractivity contribution in [2.45, 2.75) is 52.7 Å². The van der Waals surface area contributed by atoms with E-state index < -0.39 is 28.9 Å². The first-order valence-electron chi connectivity index (χ1n) is 7.52. The second-order valence-electron chi connectivity index (χ2n) is 7.36. The van der Waals surface area contributed by atoms with E-state index in [1.54, 1.807) is 41.5 Å². The minimum absolute atomic E-state index is 0.0758. The summed E-state index contributed by atoms with van der Waals surface area (Å²) in [5.74, 6) is -0.388. The SMILES string of the molecule is CC(C)(C)OC(=O)n1c(N)nc2ncn(C(=O)OC(C)(C)C)c2c1=O. The lowest BCUT2D eigenvalue weighted by Gasteiger charge is -2.20. The molecule has 0 aliphatic rings. The van der Waals surface area contributed by atoms with Crippen LogP contribution in [0.5, 0.6) is 0 Å². The van der Waals surface area contributed by atoms with Crippen LogP contribution >= 0.6 is 0 Å². The largest absolute Gasteiger partial charge is 0.443 e. The number of hydrogen-bond acceptors (Lipinski definition) is 8. The van der Waals surface area contributed by atoms with Gasteiger partial charge in [0.2, 0.25) is 5.95 Å². The fourth-order valence-corrected chi connectivity index (χ4v) is 1.92. The van der Waals surface area contributed by atoms with Crippen molar-refractivity contribution in [1.82, 2.24) is 19.1 Å². The Labute approximate surface area is 143 Å². The maximum absolute atomic E-state index is 12.7. The monoisotopic (exact) mass is 351 g/mol. The molecule has 10 nitrogen and oxygen atoms in total. The Hall–Kier alpha value is -2.91. The average Bonchev–Trinajstić information content (AvgIpc) is 2.78. The summed E-state index contributed by atoms with van der Waals surface area (Å²) in [6, 6.07) is 0. The number of fused-ring (bicyclic) bond motifs is 1. The highest BCUT2D eigenvalue weighted by Gasteiger charge is 2.26. The quantitative estimate of drug-likeness (QED) is 0.759. The number of imidazole rings is 1. The van der Waals surface area contributed by atoms with E-state index in [0.29, 0.717) is 4.57 Å². The lowest BCUT2D eigenvalue weighted by Crippen LogP contribution is -2.37. The van der Waals surface area contributed by atoms with Crippen LogP contribution in [0.2, 0.25) is 0 Å². The summed E-state index contributed by atoms with van der Waals surface area (Å²) in [6.07, 6.45) is -0.734. The van der Waals surface area contributed by atoms with Gasteiger partial charge in [-0.25, -0.2) is 19.1 Å². The van der Waals surface area contributed by atoms with Gasteiger partial charge in [0.05, 0.1) is 0 Å². The van der Waals surface area contributed by atoms with Gasteiger partial charge in [-0.1, -0.05) is 0 Å². The van der Waals surface area contributed by atoms with Crippen molar-refractivity contribution < 1.29 is 19.1 Å². The summed E-state index contributed by atoms with van der Waals surface area (Å²) in [5.41, 5.74) is 2.88. The maximum atomic E-state index is 12.7. The summed E-state index contributed by atoms with van der Waals surface area (Å²) in [4.78, 5) is 45.0. The number of ether oxygens (including phenoxy) is 2. The van der Waals surface area contributed by atoms with E-state index in [2.05, 4.69) is 9.97 Å². The van der Waals surface area contributed by atoms with Crippen LogP contribution in [-0.4, -0.2) is 42.5 Å². The van der Waals surface area contributed by atoms with E-state index >= 15 is 0 Å². The molecule has 0 spiro atoms. The molecule has 25 heavy (non-hydrogen) atoms. The Morgan fingerprint density at radius 3 is 2.08 bits per heavy atom. The van der Waals surface area contributed by atoms with E-state index in [4.69, 9.17) is 15.2 Å². The van der Waals surface area contributed by atoms with Crippen LogP contribution in [0.4, 0.5) is 15.5 Å². The predicted molar refractivity (Wildman–Crippen MR) is 89.5 cm³/mol. The molecule has 2 aromatic rings. The normalized spacial score (nSPS) is 12.2. The second kappa shape index (κ2) is 5.87. The van der Waals surface area contributed by atoms with E-state index in [1.807, 2.05) is 0 Å². The molecule has 0 atom stereocenters. The third-order valence-corrected chi connectivity index (χ3v) is 2.77. The maximum Gasteiger partial charge on any atom is 0.424 e. The summed E-state index contributed by atoms with van der Waals surface area (Å²) >= 11 is 0. The van der Waals surface area contributed by atoms with Gasteiger partial charge in [0.1, 0.15) is 17.5 Å². The molecule has 0 saturated heterocycles. The molecule has 0 radical (unpaired) electrons. The molecular formula is C15H21N5O5. The topological polar surface area (TPSA) is 131 Å². The average molecular weight is 351 g/mol. The number of nitrogens with two attached hydrogens (primary N) is 1. The number of nitrogens with zero attached hydrogens (tertiary/aromatic N) is 4. The van der Waals surface area contributed by atoms with Gasteiger partial charge in [-0.3, -0.25) is 4.79 Å². The zero-order valence-corrected chi connectivity index (χ0v) is 15.0. The van der Waals surface area contributed by atoms with E-state index in [1.165, 1.54) is 0 Å². The molecule has 2 aromatic heterocycles. The number of carbonyl (C=O) groups is 2. The minimum atomic E-state index is -0.999. The highest BCUT2D eigenvalue weighted by molar-refractivity contribution is 5.86. The first-order valence-corrected chi connectivity index (χ1v) is 7.52. The van der Waals surface area contributed by atoms with Gasteiger partial charge < -0.3 is 15.2 Å². The van der Waals surface area contributed by atoms with Crippen LogP contribution < -0.4 is 11.3 Å². The lowest BCUT2D eigenvalue weighted by molar-refractivity contribution is 0.0518. The molecule has 2 N–H and O–H groups in total. The Morgan fingerprint density at radius 1 is 1.04 bits per heavy atom. The second-order valence-corrected chi connectivity index (χ2v) is 7.36. The molecule has 0 saturated carbocycles. The minimum Gasteiger partial charge on any atom is -0.443 e. The molecule has 0 aromatic carbocycles. The molecule has 0 unspecified atom stereocenters. The molecule has 0 bridgehead atoms. The zero-order valence-electron chi connectivity index (χ0n) is 15.0. The Morgan fingerprint density at radius 2 is 1.56 bits per heavy atom. The van der Waals surface area contributed by atoms with Crippen molar-refractivity contribution in [3.05, 3.63) is 16.7 Å². The van der Waals surface area contributed by atoms with E-state index in [-0.39, 0.29) is 17.1 Å². The third kappa shape index (κ3) is 3.95. The van der Waals surface area contributed by atoms with Crippen LogP contribution in [0.3, 0.4) is 0 Å². The molecule has 0 amide bonds. The zero-order chi connectivity index (χ0) is 19.2. The summed E-state index contributed by atoms with van der Waals surface area (Å²) in [5, 5.41) is 0. The number of hydrogen-bond donors (Lipinski definition) is 1. The van der Waals surface area contributed by atoms with Crippen LogP contribution in [0.25, 0.3) is 11.2 Å². The smallest absolute Gasteiger partial charge is 0.424 e. The van der Waals surface area contributed by atoms with Gasteiger partial charge in [0, 0.05) is 0 Å². The fourth-order valence-electron chi connectivity index (χ4n) is 1.92. The fraction of sp³-hybridized carbons (Fsp3) is 0.533. The molecule has 0 fully saturated rings. The van der Waals surface area contributed by atoms with Gasteiger partial charge >= 0.3 is 12.2 Å². The van der Waals surface area contributed by atoms with Gasteiger partial charge in [0.25, 0.3) is 5.56 Å². The summed E-state index contributed by atoms with van der Waals surface area (Å²) in [7, 11) is 0. The number of carbonyl (C=O) groups excluding carboxylic acids is 2. The number of anilines is 1. The van der Waals surface area contributed by atoms with Crippen LogP contribution in [0.1, 0.15) is 41.5 Å². The Kier molecular flexibility index (Phi) is 4.32. The van der Waals surface area contributed by atoms with Crippen molar-refractivity contribution in [2.24, 2.45) is 0 Å². The molecule has 10 heteroatoms. The van der Waals surface area contributed by atoms with Crippen molar-refractivity contribution in [2.75, 3.05) is 5.73 Å². The predicted octanol–water partition coefficient (Wildman–Crippen LogP) is 1.74. The van der Waals surface area contributed by atoms with Crippen molar-refractivity contribution in [3.63, 3.8) is 0 Å². The Balaban J connectivity index is 2.60. The number of rotatable bonds is 0. The lowest BCUT2D eigenvalue weighted by atomic mass is 10.2. The van der Waals surface area contributed by atoms with E-state index in [9.17, 15) is 14.4 Å². The molecular weight excluding hydrogens is 330 g/mol. The standard InChI is InChI=1S/C15H21N5O5/c1-14(2,3)24-12(22)19-7-17-9-8(19)10(21)20(11(16)18-9)13(23)25-15(4,5)6/h7H,1-6H3,(H2,16,18). The van der Waals surface area contributed by atoms with Crippen molar-refractivity contribution in [3.8, 4) is 0 Å². The van der Waals surface area contributed by atoms with Gasteiger partial charge in [-0.05, 0) is 41.5 Å². The van der Waals surface area contributed by atoms with Crippen molar-refractivity contribution in [1.29, 1.82) is 0 Å². The number of nitrogen functional groups attached to an aromatic ring is 1. The van der Waals surface area contributed by atoms with Crippen molar-refractivity contribution >= 4 is 29.3 Å². The highest BCUT2D eigenvalue weighted by atomic mass is 16.6. The highest BCUT2D eigenvalue weighted by Crippen LogP contribution is 2.15. The first-order chi connectivity index (χ1) is 11.3. The van der Waals surface area contributed by atoms with Crippen LogP contribution in [-0.2, 0) is 9.47 Å². The number of aromatic nitrogens is 4. The molecule has 2 rings (SSSR count). The van der Waals surface area contributed by atoms with Gasteiger partial charge in [0.15, 0.2) is 11.2 Å². The Bertz CT molecular complexity index is 898. The van der Waals surface area contributed by atoms with Gasteiger partial charge in [-0.2, -0.15) is 9.55 Å². The molecule has 2 heterocycles. The molecule has 0 aliphatic carbocycles. The summed E-state index contributed by atoms with van der Waals surface area (Å²) < 4.78 is 11.8. The molecule has 136 valence electrons. The van der Waals surface area contributed by atoms with Crippen LogP contribution in [0, 0.1) is 0 Å².